The standard InChI is InChI=1S/C20H23NO3/c1-23-18-7-3-15(4-8-18)5-10-20(22)21-12-11-16-6-9-19(24-2)13-17(16)14-21/h3-4,6-9,13H,5,10-12,14H2,1-2H3. The smallest absolute Gasteiger partial charge is 0.223 e. The van der Waals surface area contributed by atoms with Gasteiger partial charge in [0.15, 0.2) is 0 Å². The average molecular weight is 325 g/mol. The van der Waals surface area contributed by atoms with Crippen LogP contribution in [0, 0.1) is 0 Å². The van der Waals surface area contributed by atoms with Gasteiger partial charge in [-0.2, -0.15) is 0 Å². The maximum atomic E-state index is 12.5. The molecule has 0 spiro atoms. The molecule has 4 nitrogen and oxygen atoms in total. The number of ether oxygens (including phenoxy) is 2. The summed E-state index contributed by atoms with van der Waals surface area (Å²) in [7, 11) is 3.32. The first-order valence-electron chi connectivity index (χ1n) is 8.26. The van der Waals surface area contributed by atoms with Gasteiger partial charge >= 0.3 is 0 Å². The van der Waals surface area contributed by atoms with Gasteiger partial charge < -0.3 is 14.4 Å². The maximum Gasteiger partial charge on any atom is 0.223 e. The highest BCUT2D eigenvalue weighted by atomic mass is 16.5. The molecule has 2 aromatic rings. The SMILES string of the molecule is COc1ccc(CCC(=O)N2CCc3ccc(OC)cc3C2)cc1. The van der Waals surface area contributed by atoms with Gasteiger partial charge in [-0.05, 0) is 53.8 Å². The minimum atomic E-state index is 0.208. The highest BCUT2D eigenvalue weighted by Crippen LogP contribution is 2.24. The third-order valence-corrected chi connectivity index (χ3v) is 4.56. The molecule has 24 heavy (non-hydrogen) atoms. The van der Waals surface area contributed by atoms with E-state index in [9.17, 15) is 4.79 Å². The maximum absolute atomic E-state index is 12.5. The molecule has 3 rings (SSSR count). The second-order valence-corrected chi connectivity index (χ2v) is 6.05. The fraction of sp³-hybridized carbons (Fsp3) is 0.350. The van der Waals surface area contributed by atoms with Crippen LogP contribution in [0.25, 0.3) is 0 Å². The number of methoxy groups -OCH3 is 2. The topological polar surface area (TPSA) is 38.8 Å². The second-order valence-electron chi connectivity index (χ2n) is 6.05. The van der Waals surface area contributed by atoms with Gasteiger partial charge in [0, 0.05) is 19.5 Å². The van der Waals surface area contributed by atoms with Crippen LogP contribution in [0.5, 0.6) is 11.5 Å². The van der Waals surface area contributed by atoms with E-state index in [1.165, 1.54) is 11.1 Å². The van der Waals surface area contributed by atoms with Crippen molar-refractivity contribution in [1.29, 1.82) is 0 Å². The third-order valence-electron chi connectivity index (χ3n) is 4.56. The molecule has 126 valence electrons. The first-order valence-corrected chi connectivity index (χ1v) is 8.26. The van der Waals surface area contributed by atoms with E-state index >= 15 is 0 Å². The van der Waals surface area contributed by atoms with Crippen molar-refractivity contribution in [1.82, 2.24) is 4.90 Å². The van der Waals surface area contributed by atoms with Crippen molar-refractivity contribution in [3.8, 4) is 11.5 Å². The molecule has 0 radical (unpaired) electrons. The molecule has 0 bridgehead atoms. The predicted molar refractivity (Wildman–Crippen MR) is 93.4 cm³/mol. The molecule has 0 fully saturated rings. The summed E-state index contributed by atoms with van der Waals surface area (Å²) in [5.74, 6) is 1.90. The Hall–Kier alpha value is -2.49. The summed E-state index contributed by atoms with van der Waals surface area (Å²) in [5.41, 5.74) is 3.66. The number of hydrogen-bond acceptors (Lipinski definition) is 3. The van der Waals surface area contributed by atoms with Gasteiger partial charge in [-0.15, -0.1) is 0 Å². The van der Waals surface area contributed by atoms with Gasteiger partial charge in [0.05, 0.1) is 14.2 Å². The fourth-order valence-corrected chi connectivity index (χ4v) is 3.07. The Kier molecular flexibility index (Phi) is 5.04. The van der Waals surface area contributed by atoms with Crippen LogP contribution >= 0.6 is 0 Å². The van der Waals surface area contributed by atoms with Crippen LogP contribution in [0.2, 0.25) is 0 Å². The second kappa shape index (κ2) is 7.39. The number of carbonyl (C=O) groups excluding carboxylic acids is 1. The monoisotopic (exact) mass is 325 g/mol. The molecule has 0 aliphatic carbocycles. The van der Waals surface area contributed by atoms with Crippen LogP contribution < -0.4 is 9.47 Å². The summed E-state index contributed by atoms with van der Waals surface area (Å²) < 4.78 is 10.4. The van der Waals surface area contributed by atoms with E-state index in [0.29, 0.717) is 13.0 Å². The van der Waals surface area contributed by atoms with Gasteiger partial charge in [-0.1, -0.05) is 18.2 Å². The van der Waals surface area contributed by atoms with Crippen LogP contribution in [0.15, 0.2) is 42.5 Å². The summed E-state index contributed by atoms with van der Waals surface area (Å²) in [5, 5.41) is 0. The van der Waals surface area contributed by atoms with Crippen molar-refractivity contribution in [3.05, 3.63) is 59.2 Å². The number of nitrogens with zero attached hydrogens (tertiary/aromatic N) is 1. The third kappa shape index (κ3) is 3.70. The van der Waals surface area contributed by atoms with E-state index in [1.807, 2.05) is 41.3 Å². The number of fused-ring (bicyclic) bond motifs is 1. The van der Waals surface area contributed by atoms with Crippen LogP contribution in [0.1, 0.15) is 23.1 Å². The van der Waals surface area contributed by atoms with E-state index in [-0.39, 0.29) is 5.91 Å². The molecule has 0 saturated carbocycles. The quantitative estimate of drug-likeness (QED) is 0.847. The Morgan fingerprint density at radius 3 is 2.42 bits per heavy atom. The summed E-state index contributed by atoms with van der Waals surface area (Å²) in [6.07, 6.45) is 2.20. The number of hydrogen-bond donors (Lipinski definition) is 0. The van der Waals surface area contributed by atoms with Gasteiger partial charge in [-0.3, -0.25) is 4.79 Å². The molecule has 1 heterocycles. The molecule has 0 unspecified atom stereocenters. The zero-order valence-corrected chi connectivity index (χ0v) is 14.2. The lowest BCUT2D eigenvalue weighted by molar-refractivity contribution is -0.132. The molecule has 0 N–H and O–H groups in total. The van der Waals surface area contributed by atoms with Crippen LogP contribution in [-0.2, 0) is 24.2 Å². The first-order chi connectivity index (χ1) is 11.7. The van der Waals surface area contributed by atoms with Crippen molar-refractivity contribution < 1.29 is 14.3 Å². The number of benzene rings is 2. The Bertz CT molecular complexity index is 709. The van der Waals surface area contributed by atoms with Crippen LogP contribution in [0.4, 0.5) is 0 Å². The van der Waals surface area contributed by atoms with Gasteiger partial charge in [-0.25, -0.2) is 0 Å². The van der Waals surface area contributed by atoms with E-state index in [1.54, 1.807) is 14.2 Å². The molecule has 0 aromatic heterocycles. The minimum Gasteiger partial charge on any atom is -0.497 e. The number of rotatable bonds is 5. The van der Waals surface area contributed by atoms with Crippen molar-refractivity contribution in [2.24, 2.45) is 0 Å². The Morgan fingerprint density at radius 1 is 1.00 bits per heavy atom. The summed E-state index contributed by atoms with van der Waals surface area (Å²) in [6.45, 7) is 1.47. The molecule has 4 heteroatoms. The highest BCUT2D eigenvalue weighted by Gasteiger charge is 2.20. The summed E-state index contributed by atoms with van der Waals surface area (Å²) in [4.78, 5) is 14.5. The lowest BCUT2D eigenvalue weighted by Crippen LogP contribution is -2.36. The molecular formula is C20H23NO3. The molecule has 1 amide bonds. The van der Waals surface area contributed by atoms with E-state index in [0.717, 1.165) is 36.4 Å². The zero-order valence-electron chi connectivity index (χ0n) is 14.2. The Labute approximate surface area is 143 Å². The Morgan fingerprint density at radius 2 is 1.71 bits per heavy atom. The zero-order chi connectivity index (χ0) is 16.9. The Balaban J connectivity index is 1.59. The predicted octanol–water partition coefficient (Wildman–Crippen LogP) is 3.22. The molecule has 2 aromatic carbocycles. The van der Waals surface area contributed by atoms with Crippen LogP contribution in [-0.4, -0.2) is 31.6 Å². The lowest BCUT2D eigenvalue weighted by atomic mass is 9.99. The molecular weight excluding hydrogens is 302 g/mol. The molecule has 0 atom stereocenters. The summed E-state index contributed by atoms with van der Waals surface area (Å²) in [6, 6.07) is 14.0. The van der Waals surface area contributed by atoms with E-state index < -0.39 is 0 Å². The fourth-order valence-electron chi connectivity index (χ4n) is 3.07. The van der Waals surface area contributed by atoms with E-state index in [2.05, 4.69) is 6.07 Å². The molecule has 1 aliphatic heterocycles. The van der Waals surface area contributed by atoms with Crippen LogP contribution in [0.3, 0.4) is 0 Å². The minimum absolute atomic E-state index is 0.208. The normalized spacial score (nSPS) is 13.3. The lowest BCUT2D eigenvalue weighted by Gasteiger charge is -2.29. The highest BCUT2D eigenvalue weighted by molar-refractivity contribution is 5.76. The van der Waals surface area contributed by atoms with Crippen molar-refractivity contribution in [2.75, 3.05) is 20.8 Å². The largest absolute Gasteiger partial charge is 0.497 e. The number of aryl methyl sites for hydroxylation is 1. The van der Waals surface area contributed by atoms with Gasteiger partial charge in [0.1, 0.15) is 11.5 Å². The first kappa shape index (κ1) is 16.4. The summed E-state index contributed by atoms with van der Waals surface area (Å²) >= 11 is 0. The molecule has 1 aliphatic rings. The van der Waals surface area contributed by atoms with Gasteiger partial charge in [0.2, 0.25) is 5.91 Å². The number of carbonyl (C=O) groups is 1. The molecule has 0 saturated heterocycles. The van der Waals surface area contributed by atoms with Crippen molar-refractivity contribution >= 4 is 5.91 Å². The van der Waals surface area contributed by atoms with Crippen molar-refractivity contribution in [2.45, 2.75) is 25.8 Å². The van der Waals surface area contributed by atoms with Gasteiger partial charge in [0.25, 0.3) is 0 Å². The van der Waals surface area contributed by atoms with Crippen molar-refractivity contribution in [3.63, 3.8) is 0 Å². The average Bonchev–Trinajstić information content (AvgIpc) is 2.65. The number of amides is 1. The van der Waals surface area contributed by atoms with E-state index in [4.69, 9.17) is 9.47 Å².